The van der Waals surface area contributed by atoms with Crippen LogP contribution in [0.25, 0.3) is 5.65 Å². The number of carbonyl (C=O) groups is 1. The maximum atomic E-state index is 11.2. The second kappa shape index (κ2) is 5.45. The number of carboxylic acids is 1. The number of fused-ring (bicyclic) bond motifs is 1. The van der Waals surface area contributed by atoms with Crippen LogP contribution in [0.15, 0.2) is 29.4 Å². The van der Waals surface area contributed by atoms with Crippen molar-refractivity contribution in [3.63, 3.8) is 0 Å². The Morgan fingerprint density at radius 1 is 1.63 bits per heavy atom. The zero-order valence-electron chi connectivity index (χ0n) is 9.63. The largest absolute Gasteiger partial charge is 0.732 e. The highest BCUT2D eigenvalue weighted by molar-refractivity contribution is 7.99. The fourth-order valence-electron chi connectivity index (χ4n) is 1.47. The first-order chi connectivity index (χ1) is 9.00. The number of rotatable bonds is 5. The lowest BCUT2D eigenvalue weighted by atomic mass is 10.4. The molecule has 1 unspecified atom stereocenters. The van der Waals surface area contributed by atoms with Gasteiger partial charge < -0.3 is 21.3 Å². The van der Waals surface area contributed by atoms with Crippen LogP contribution in [0.1, 0.15) is 0 Å². The Hall–Kier alpha value is -1.81. The van der Waals surface area contributed by atoms with E-state index in [-0.39, 0.29) is 21.8 Å². The number of aliphatic carboxylic acids is 1. The van der Waals surface area contributed by atoms with Crippen LogP contribution in [0, 0.1) is 5.21 Å². The van der Waals surface area contributed by atoms with Gasteiger partial charge in [-0.2, -0.15) is 0 Å². The third-order valence-electron chi connectivity index (χ3n) is 2.37. The molecule has 0 amide bonds. The molecule has 0 aliphatic rings. The van der Waals surface area contributed by atoms with Gasteiger partial charge in [-0.1, -0.05) is 6.07 Å². The third-order valence-corrected chi connectivity index (χ3v) is 3.45. The number of nitrogens with zero attached hydrogens (tertiary/aromatic N) is 3. The summed E-state index contributed by atoms with van der Waals surface area (Å²) in [5, 5.41) is 28.9. The predicted molar refractivity (Wildman–Crippen MR) is 69.2 cm³/mol. The van der Waals surface area contributed by atoms with Crippen molar-refractivity contribution in [2.45, 2.75) is 11.1 Å². The van der Waals surface area contributed by atoms with Crippen molar-refractivity contribution >= 4 is 29.2 Å². The topological polar surface area (TPSA) is 127 Å². The van der Waals surface area contributed by atoms with E-state index in [1.807, 2.05) is 0 Å². The number of hydrogen-bond donors (Lipinski definition) is 3. The summed E-state index contributed by atoms with van der Waals surface area (Å²) in [7, 11) is 0. The number of carboxylic acid groups (broad SMARTS) is 1. The van der Waals surface area contributed by atoms with Crippen molar-refractivity contribution in [2.75, 3.05) is 11.0 Å². The molecule has 0 bridgehead atoms. The zero-order chi connectivity index (χ0) is 14.0. The van der Waals surface area contributed by atoms with E-state index in [2.05, 4.69) is 4.98 Å². The summed E-state index contributed by atoms with van der Waals surface area (Å²) in [4.78, 5) is 14.8. The summed E-state index contributed by atoms with van der Waals surface area (Å²) in [6, 6.07) is 4.00. The highest BCUT2D eigenvalue weighted by Gasteiger charge is 2.17. The van der Waals surface area contributed by atoms with Crippen LogP contribution in [0.5, 0.6) is 0 Å². The molecule has 0 aliphatic carbocycles. The average Bonchev–Trinajstić information content (AvgIpc) is 2.73. The molecule has 2 aromatic rings. The number of imidazole rings is 1. The molecular formula is C10H11N4O4S-. The van der Waals surface area contributed by atoms with Gasteiger partial charge in [-0.15, -0.1) is 11.8 Å². The Morgan fingerprint density at radius 3 is 3.00 bits per heavy atom. The van der Waals surface area contributed by atoms with E-state index < -0.39 is 12.0 Å². The molecule has 0 saturated carbocycles. The Kier molecular flexibility index (Phi) is 3.90. The number of aromatic nitrogens is 2. The monoisotopic (exact) mass is 283 g/mol. The molecule has 0 aliphatic heterocycles. The van der Waals surface area contributed by atoms with Gasteiger partial charge in [0, 0.05) is 11.9 Å². The van der Waals surface area contributed by atoms with Crippen molar-refractivity contribution in [1.82, 2.24) is 9.38 Å². The average molecular weight is 283 g/mol. The standard InChI is InChI=1S/C10H11N4O4S/c11-6(10(15)16)5-19-8-9(14(17)18)13-4-2-1-3-7(13)12-8/h1-4,6,17H,5,11H2,(H,15,16)/q-1. The summed E-state index contributed by atoms with van der Waals surface area (Å²) in [5.41, 5.74) is 5.85. The van der Waals surface area contributed by atoms with Gasteiger partial charge in [0.1, 0.15) is 16.7 Å². The molecule has 9 heteroatoms. The zero-order valence-corrected chi connectivity index (χ0v) is 10.4. The molecule has 19 heavy (non-hydrogen) atoms. The van der Waals surface area contributed by atoms with E-state index in [0.717, 1.165) is 11.8 Å². The lowest BCUT2D eigenvalue weighted by Gasteiger charge is -2.21. The number of anilines is 1. The van der Waals surface area contributed by atoms with Crippen LogP contribution in [-0.2, 0) is 4.79 Å². The molecule has 0 aromatic carbocycles. The molecule has 2 rings (SSSR count). The molecule has 102 valence electrons. The third kappa shape index (κ3) is 2.79. The lowest BCUT2D eigenvalue weighted by molar-refractivity contribution is -0.137. The van der Waals surface area contributed by atoms with Crippen molar-refractivity contribution < 1.29 is 15.1 Å². The van der Waals surface area contributed by atoms with E-state index in [9.17, 15) is 10.0 Å². The van der Waals surface area contributed by atoms with Gasteiger partial charge in [0.15, 0.2) is 5.82 Å². The molecule has 0 radical (unpaired) electrons. The highest BCUT2D eigenvalue weighted by atomic mass is 32.2. The van der Waals surface area contributed by atoms with Gasteiger partial charge >= 0.3 is 5.97 Å². The number of pyridine rings is 1. The normalized spacial score (nSPS) is 12.6. The van der Waals surface area contributed by atoms with Crippen LogP contribution in [0.4, 0.5) is 5.82 Å². The highest BCUT2D eigenvalue weighted by Crippen LogP contribution is 2.30. The first-order valence-corrected chi connectivity index (χ1v) is 6.23. The summed E-state index contributed by atoms with van der Waals surface area (Å²) in [5.74, 6) is -1.17. The summed E-state index contributed by atoms with van der Waals surface area (Å²) < 4.78 is 1.40. The Balaban J connectivity index is 2.32. The van der Waals surface area contributed by atoms with Crippen LogP contribution < -0.4 is 11.0 Å². The smallest absolute Gasteiger partial charge is 0.321 e. The van der Waals surface area contributed by atoms with E-state index in [0.29, 0.717) is 5.65 Å². The fourth-order valence-corrected chi connectivity index (χ4v) is 2.42. The summed E-state index contributed by atoms with van der Waals surface area (Å²) in [6.07, 6.45) is 1.57. The number of nitrogens with two attached hydrogens (primary N) is 1. The Bertz CT molecular complexity index is 600. The van der Waals surface area contributed by atoms with Gasteiger partial charge in [-0.05, 0) is 12.1 Å². The number of thioether (sulfide) groups is 1. The van der Waals surface area contributed by atoms with Gasteiger partial charge in [0.2, 0.25) is 0 Å². The molecule has 4 N–H and O–H groups in total. The predicted octanol–water partition coefficient (Wildman–Crippen LogP) is 0.532. The lowest BCUT2D eigenvalue weighted by Crippen LogP contribution is -2.32. The Labute approximate surface area is 112 Å². The van der Waals surface area contributed by atoms with E-state index in [1.165, 1.54) is 4.40 Å². The minimum Gasteiger partial charge on any atom is -0.732 e. The van der Waals surface area contributed by atoms with Gasteiger partial charge in [-0.3, -0.25) is 14.4 Å². The van der Waals surface area contributed by atoms with Crippen molar-refractivity contribution in [3.05, 3.63) is 29.6 Å². The van der Waals surface area contributed by atoms with Crippen LogP contribution >= 0.6 is 11.8 Å². The quantitative estimate of drug-likeness (QED) is 0.535. The first kappa shape index (κ1) is 13.6. The molecule has 1 atom stereocenters. The Morgan fingerprint density at radius 2 is 2.37 bits per heavy atom. The SMILES string of the molecule is NC(CSc1nc2ccccn2c1N([O-])O)C(=O)O. The number of hydrogen-bond acceptors (Lipinski definition) is 7. The van der Waals surface area contributed by atoms with Crippen molar-refractivity contribution in [1.29, 1.82) is 0 Å². The van der Waals surface area contributed by atoms with Gasteiger partial charge in [0.25, 0.3) is 0 Å². The molecule has 0 saturated heterocycles. The van der Waals surface area contributed by atoms with Crippen LogP contribution in [0.3, 0.4) is 0 Å². The maximum Gasteiger partial charge on any atom is 0.321 e. The minimum absolute atomic E-state index is 0.0417. The maximum absolute atomic E-state index is 11.2. The van der Waals surface area contributed by atoms with Crippen molar-refractivity contribution in [2.24, 2.45) is 5.73 Å². The van der Waals surface area contributed by atoms with Crippen LogP contribution in [0.2, 0.25) is 0 Å². The first-order valence-electron chi connectivity index (χ1n) is 5.25. The van der Waals surface area contributed by atoms with E-state index in [4.69, 9.17) is 16.0 Å². The van der Waals surface area contributed by atoms with Gasteiger partial charge in [0.05, 0.1) is 0 Å². The fraction of sp³-hybridized carbons (Fsp3) is 0.200. The van der Waals surface area contributed by atoms with Crippen molar-refractivity contribution in [3.8, 4) is 0 Å². The molecule has 0 fully saturated rings. The molecule has 2 heterocycles. The summed E-state index contributed by atoms with van der Waals surface area (Å²) in [6.45, 7) is 0. The molecule has 8 nitrogen and oxygen atoms in total. The molecular weight excluding hydrogens is 272 g/mol. The second-order valence-corrected chi connectivity index (χ2v) is 4.71. The minimum atomic E-state index is -1.14. The second-order valence-electron chi connectivity index (χ2n) is 3.70. The van der Waals surface area contributed by atoms with E-state index >= 15 is 0 Å². The van der Waals surface area contributed by atoms with E-state index in [1.54, 1.807) is 24.4 Å². The van der Waals surface area contributed by atoms with Gasteiger partial charge in [-0.25, -0.2) is 4.98 Å². The molecule has 2 aromatic heterocycles. The molecule has 0 spiro atoms. The van der Waals surface area contributed by atoms with Crippen LogP contribution in [-0.4, -0.2) is 37.5 Å². The summed E-state index contributed by atoms with van der Waals surface area (Å²) >= 11 is 0.998.